The van der Waals surface area contributed by atoms with Gasteiger partial charge in [0.1, 0.15) is 17.5 Å². The van der Waals surface area contributed by atoms with Crippen LogP contribution in [0.2, 0.25) is 0 Å². The quantitative estimate of drug-likeness (QED) is 0.872. The largest absolute Gasteiger partial charge is 0.396 e. The molecule has 1 aliphatic heterocycles. The Kier molecular flexibility index (Phi) is 4.79. The highest BCUT2D eigenvalue weighted by Gasteiger charge is 2.27. The lowest BCUT2D eigenvalue weighted by Gasteiger charge is -2.35. The minimum Gasteiger partial charge on any atom is -0.396 e. The maximum Gasteiger partial charge on any atom is 0.133 e. The number of aliphatic hydroxyl groups excluding tert-OH is 1. The number of piperazine rings is 1. The van der Waals surface area contributed by atoms with Gasteiger partial charge >= 0.3 is 0 Å². The molecular formula is C13H17F3N2O. The summed E-state index contributed by atoms with van der Waals surface area (Å²) in [5, 5.41) is 12.3. The van der Waals surface area contributed by atoms with Crippen molar-refractivity contribution in [1.29, 1.82) is 0 Å². The summed E-state index contributed by atoms with van der Waals surface area (Å²) in [7, 11) is 0. The van der Waals surface area contributed by atoms with E-state index in [0.29, 0.717) is 25.2 Å². The molecule has 2 N–H and O–H groups in total. The summed E-state index contributed by atoms with van der Waals surface area (Å²) >= 11 is 0. The van der Waals surface area contributed by atoms with Crippen molar-refractivity contribution < 1.29 is 18.3 Å². The molecule has 1 aromatic carbocycles. The van der Waals surface area contributed by atoms with E-state index >= 15 is 0 Å². The summed E-state index contributed by atoms with van der Waals surface area (Å²) in [6.45, 7) is 2.56. The second-order valence-electron chi connectivity index (χ2n) is 4.60. The van der Waals surface area contributed by atoms with Gasteiger partial charge in [-0.1, -0.05) is 0 Å². The van der Waals surface area contributed by atoms with Gasteiger partial charge in [-0.2, -0.15) is 0 Å². The molecule has 19 heavy (non-hydrogen) atoms. The van der Waals surface area contributed by atoms with Gasteiger partial charge in [-0.05, 0) is 6.42 Å². The molecule has 0 amide bonds. The van der Waals surface area contributed by atoms with Crippen LogP contribution in [0, 0.1) is 17.5 Å². The van der Waals surface area contributed by atoms with Crippen molar-refractivity contribution in [2.45, 2.75) is 12.5 Å². The molecule has 3 nitrogen and oxygen atoms in total. The first-order valence-electron chi connectivity index (χ1n) is 6.33. The summed E-state index contributed by atoms with van der Waals surface area (Å²) in [5.41, 5.74) is -0.155. The van der Waals surface area contributed by atoms with E-state index in [-0.39, 0.29) is 18.6 Å². The molecular weight excluding hydrogens is 257 g/mol. The smallest absolute Gasteiger partial charge is 0.133 e. The summed E-state index contributed by atoms with van der Waals surface area (Å²) in [4.78, 5) is 1.91. The highest BCUT2D eigenvalue weighted by atomic mass is 19.1. The Labute approximate surface area is 110 Å². The highest BCUT2D eigenvalue weighted by Crippen LogP contribution is 2.29. The van der Waals surface area contributed by atoms with Crippen LogP contribution in [0.1, 0.15) is 18.0 Å². The van der Waals surface area contributed by atoms with E-state index in [1.165, 1.54) is 0 Å². The number of nitrogens with one attached hydrogen (secondary N) is 1. The van der Waals surface area contributed by atoms with Crippen molar-refractivity contribution in [3.8, 4) is 0 Å². The van der Waals surface area contributed by atoms with Crippen LogP contribution in [0.4, 0.5) is 13.2 Å². The van der Waals surface area contributed by atoms with Gasteiger partial charge in [0.15, 0.2) is 0 Å². The predicted molar refractivity (Wildman–Crippen MR) is 65.2 cm³/mol. The van der Waals surface area contributed by atoms with E-state index in [2.05, 4.69) is 5.32 Å². The molecule has 0 bridgehead atoms. The fourth-order valence-electron chi connectivity index (χ4n) is 2.50. The molecule has 1 aliphatic rings. The zero-order chi connectivity index (χ0) is 13.8. The van der Waals surface area contributed by atoms with Crippen LogP contribution in [-0.2, 0) is 0 Å². The van der Waals surface area contributed by atoms with Crippen molar-refractivity contribution in [2.24, 2.45) is 0 Å². The van der Waals surface area contributed by atoms with Gasteiger partial charge in [0.25, 0.3) is 0 Å². The van der Waals surface area contributed by atoms with Crippen molar-refractivity contribution in [2.75, 3.05) is 32.8 Å². The zero-order valence-corrected chi connectivity index (χ0v) is 10.5. The summed E-state index contributed by atoms with van der Waals surface area (Å²) in [6, 6.07) is 0.809. The van der Waals surface area contributed by atoms with E-state index in [1.807, 2.05) is 4.90 Å². The normalized spacial score (nSPS) is 18.5. The number of rotatable bonds is 4. The minimum atomic E-state index is -0.929. The Morgan fingerprint density at radius 2 is 1.74 bits per heavy atom. The van der Waals surface area contributed by atoms with E-state index in [4.69, 9.17) is 5.11 Å². The van der Waals surface area contributed by atoms with Crippen molar-refractivity contribution in [3.63, 3.8) is 0 Å². The number of aliphatic hydroxyl groups is 1. The first kappa shape index (κ1) is 14.3. The molecule has 1 fully saturated rings. The highest BCUT2D eigenvalue weighted by molar-refractivity contribution is 5.24. The maximum atomic E-state index is 13.8. The molecule has 0 aromatic heterocycles. The number of benzene rings is 1. The fourth-order valence-corrected chi connectivity index (χ4v) is 2.50. The second kappa shape index (κ2) is 6.36. The molecule has 2 rings (SSSR count). The molecule has 0 saturated carbocycles. The monoisotopic (exact) mass is 274 g/mol. The molecule has 1 saturated heterocycles. The topological polar surface area (TPSA) is 35.5 Å². The molecule has 1 heterocycles. The average Bonchev–Trinajstić information content (AvgIpc) is 2.37. The van der Waals surface area contributed by atoms with Crippen LogP contribution in [-0.4, -0.2) is 42.8 Å². The second-order valence-corrected chi connectivity index (χ2v) is 4.60. The standard InChI is InChI=1S/C13H17F3N2O/c14-9-7-10(15)13(11(16)8-9)12(1-6-19)18-4-2-17-3-5-18/h7-8,12,17,19H,1-6H2/t12-/m1/s1. The van der Waals surface area contributed by atoms with E-state index in [9.17, 15) is 13.2 Å². The number of hydrogen-bond acceptors (Lipinski definition) is 3. The van der Waals surface area contributed by atoms with Crippen molar-refractivity contribution in [3.05, 3.63) is 35.1 Å². The van der Waals surface area contributed by atoms with Crippen molar-refractivity contribution in [1.82, 2.24) is 10.2 Å². The molecule has 1 aromatic rings. The molecule has 0 radical (unpaired) electrons. The lowest BCUT2D eigenvalue weighted by molar-refractivity contribution is 0.135. The van der Waals surface area contributed by atoms with Crippen LogP contribution in [0.5, 0.6) is 0 Å². The number of nitrogens with zero attached hydrogens (tertiary/aromatic N) is 1. The van der Waals surface area contributed by atoms with Crippen molar-refractivity contribution >= 4 is 0 Å². The van der Waals surface area contributed by atoms with E-state index in [0.717, 1.165) is 13.1 Å². The fraction of sp³-hybridized carbons (Fsp3) is 0.538. The van der Waals surface area contributed by atoms with Crippen LogP contribution in [0.3, 0.4) is 0 Å². The van der Waals surface area contributed by atoms with E-state index in [1.54, 1.807) is 0 Å². The van der Waals surface area contributed by atoms with E-state index < -0.39 is 23.5 Å². The number of hydrogen-bond donors (Lipinski definition) is 2. The molecule has 0 aliphatic carbocycles. The van der Waals surface area contributed by atoms with Gasteiger partial charge in [0.2, 0.25) is 0 Å². The summed E-state index contributed by atoms with van der Waals surface area (Å²) in [5.74, 6) is -2.72. The van der Waals surface area contributed by atoms with Crippen LogP contribution >= 0.6 is 0 Å². The van der Waals surface area contributed by atoms with Gasteiger partial charge in [-0.3, -0.25) is 4.90 Å². The Morgan fingerprint density at radius 3 is 2.26 bits per heavy atom. The Morgan fingerprint density at radius 1 is 1.16 bits per heavy atom. The Hall–Kier alpha value is -1.11. The first-order valence-corrected chi connectivity index (χ1v) is 6.33. The molecule has 0 unspecified atom stereocenters. The lowest BCUT2D eigenvalue weighted by atomic mass is 10.00. The third-order valence-electron chi connectivity index (χ3n) is 3.37. The molecule has 106 valence electrons. The van der Waals surface area contributed by atoms with Crippen LogP contribution < -0.4 is 5.32 Å². The Bertz CT molecular complexity index is 413. The van der Waals surface area contributed by atoms with Gasteiger partial charge in [-0.25, -0.2) is 13.2 Å². The first-order chi connectivity index (χ1) is 9.13. The summed E-state index contributed by atoms with van der Waals surface area (Å²) in [6.07, 6.45) is 0.222. The lowest BCUT2D eigenvalue weighted by Crippen LogP contribution is -2.45. The molecule has 1 atom stereocenters. The minimum absolute atomic E-state index is 0.155. The third kappa shape index (κ3) is 3.26. The van der Waals surface area contributed by atoms with Gasteiger partial charge < -0.3 is 10.4 Å². The number of halogens is 3. The molecule has 6 heteroatoms. The van der Waals surface area contributed by atoms with Crippen LogP contribution in [0.25, 0.3) is 0 Å². The van der Waals surface area contributed by atoms with Gasteiger partial charge in [0.05, 0.1) is 0 Å². The third-order valence-corrected chi connectivity index (χ3v) is 3.37. The summed E-state index contributed by atoms with van der Waals surface area (Å²) < 4.78 is 40.6. The maximum absolute atomic E-state index is 13.8. The molecule has 0 spiro atoms. The van der Waals surface area contributed by atoms with Gasteiger partial charge in [-0.15, -0.1) is 0 Å². The van der Waals surface area contributed by atoms with Gasteiger partial charge in [0, 0.05) is 56.5 Å². The van der Waals surface area contributed by atoms with Crippen LogP contribution in [0.15, 0.2) is 12.1 Å². The zero-order valence-electron chi connectivity index (χ0n) is 10.5. The predicted octanol–water partition coefficient (Wildman–Crippen LogP) is 1.43. The SMILES string of the molecule is OCC[C@H](c1c(F)cc(F)cc1F)N1CCNCC1. The Balaban J connectivity index is 2.32. The average molecular weight is 274 g/mol.